The summed E-state index contributed by atoms with van der Waals surface area (Å²) in [5.41, 5.74) is 6.96. The molecule has 0 N–H and O–H groups in total. The lowest BCUT2D eigenvalue weighted by Crippen LogP contribution is -2.05. The number of allylic oxidation sites excluding steroid dienone is 1. The molecule has 0 saturated heterocycles. The van der Waals surface area contributed by atoms with Gasteiger partial charge in [0.1, 0.15) is 0 Å². The van der Waals surface area contributed by atoms with Crippen LogP contribution >= 0.6 is 0 Å². The van der Waals surface area contributed by atoms with Crippen LogP contribution in [0.4, 0.5) is 0 Å². The van der Waals surface area contributed by atoms with Crippen molar-refractivity contribution in [3.8, 4) is 18.0 Å². The van der Waals surface area contributed by atoms with Crippen molar-refractivity contribution in [1.82, 2.24) is 4.57 Å². The van der Waals surface area contributed by atoms with Crippen molar-refractivity contribution in [2.45, 2.75) is 82.6 Å². The van der Waals surface area contributed by atoms with Gasteiger partial charge < -0.3 is 4.57 Å². The van der Waals surface area contributed by atoms with Gasteiger partial charge in [-0.1, -0.05) is 104 Å². The minimum absolute atomic E-state index is 0. The number of hydrogen-bond donors (Lipinski definition) is 0. The molecule has 3 aromatic rings. The van der Waals surface area contributed by atoms with E-state index >= 15 is 0 Å². The monoisotopic (exact) mass is 473 g/mol. The highest BCUT2D eigenvalue weighted by molar-refractivity contribution is 6.04. The van der Waals surface area contributed by atoms with Crippen LogP contribution in [0.25, 0.3) is 11.8 Å². The molecule has 3 rings (SSSR count). The van der Waals surface area contributed by atoms with Crippen LogP contribution in [0.2, 0.25) is 0 Å². The molecule has 1 heterocycles. The maximum Gasteiger partial charge on any atom is 0.175 e. The smallest absolute Gasteiger partial charge is 0.175 e. The quantitative estimate of drug-likeness (QED) is 0.258. The topological polar surface area (TPSA) is 22.0 Å². The normalized spacial score (nSPS) is 9.54. The number of nitrogens with zero attached hydrogens (tertiary/aromatic N) is 1. The van der Waals surface area contributed by atoms with Gasteiger partial charge in [0.05, 0.1) is 5.57 Å². The Bertz CT molecular complexity index is 1040. The Kier molecular flexibility index (Phi) is 18.4. The van der Waals surface area contributed by atoms with Gasteiger partial charge in [-0.25, -0.2) is 0 Å². The molecule has 190 valence electrons. The average molecular weight is 474 g/mol. The number of aryl methyl sites for hydroxylation is 2. The molecular weight excluding hydrogens is 426 g/mol. The first-order valence-corrected chi connectivity index (χ1v) is 12.6. The van der Waals surface area contributed by atoms with Crippen molar-refractivity contribution in [2.24, 2.45) is 0 Å². The van der Waals surface area contributed by atoms with E-state index in [1.54, 1.807) is 0 Å². The van der Waals surface area contributed by atoms with Crippen LogP contribution in [0.1, 0.15) is 84.0 Å². The molecule has 0 radical (unpaired) electrons. The molecule has 0 aliphatic heterocycles. The maximum absolute atomic E-state index is 12.7. The third-order valence-electron chi connectivity index (χ3n) is 5.04. The van der Waals surface area contributed by atoms with Crippen LogP contribution < -0.4 is 0 Å². The number of Topliss-reactive ketones (excluding diaryl/α,β-unsaturated/α-hetero) is 1. The van der Waals surface area contributed by atoms with Gasteiger partial charge in [0.25, 0.3) is 0 Å². The highest BCUT2D eigenvalue weighted by atomic mass is 16.1. The molecule has 2 aromatic carbocycles. The minimum Gasteiger partial charge on any atom is -0.318 e. The van der Waals surface area contributed by atoms with Gasteiger partial charge in [-0.2, -0.15) is 0 Å². The van der Waals surface area contributed by atoms with Gasteiger partial charge >= 0.3 is 0 Å². The van der Waals surface area contributed by atoms with Gasteiger partial charge in [-0.15, -0.1) is 6.42 Å². The first-order valence-electron chi connectivity index (χ1n) is 12.6. The van der Waals surface area contributed by atoms with Crippen molar-refractivity contribution in [1.29, 1.82) is 0 Å². The Morgan fingerprint density at radius 3 is 1.91 bits per heavy atom. The Morgan fingerprint density at radius 1 is 0.886 bits per heavy atom. The van der Waals surface area contributed by atoms with Crippen molar-refractivity contribution in [3.63, 3.8) is 0 Å². The number of benzene rings is 2. The molecule has 0 saturated carbocycles. The van der Waals surface area contributed by atoms with E-state index in [0.29, 0.717) is 12.0 Å². The Labute approximate surface area is 216 Å². The number of rotatable bonds is 6. The van der Waals surface area contributed by atoms with Gasteiger partial charge in [0.15, 0.2) is 5.78 Å². The largest absolute Gasteiger partial charge is 0.318 e. The third kappa shape index (κ3) is 9.83. The Balaban J connectivity index is 0. The van der Waals surface area contributed by atoms with Crippen LogP contribution in [-0.2, 0) is 17.6 Å². The van der Waals surface area contributed by atoms with Gasteiger partial charge in [-0.3, -0.25) is 4.79 Å². The molecule has 0 bridgehead atoms. The molecular formula is C33H47NO. The van der Waals surface area contributed by atoms with E-state index in [2.05, 4.69) is 61.6 Å². The molecule has 2 nitrogen and oxygen atoms in total. The summed E-state index contributed by atoms with van der Waals surface area (Å²) >= 11 is 0. The summed E-state index contributed by atoms with van der Waals surface area (Å²) < 4.78 is 2.20. The summed E-state index contributed by atoms with van der Waals surface area (Å²) in [4.78, 5) is 12.7. The Hall–Kier alpha value is -3.31. The fraction of sp³-hybridized carbons (Fsp3) is 0.364. The summed E-state index contributed by atoms with van der Waals surface area (Å²) in [7, 11) is 0. The van der Waals surface area contributed by atoms with Crippen molar-refractivity contribution < 1.29 is 4.79 Å². The zero-order valence-electron chi connectivity index (χ0n) is 22.7. The molecule has 0 aliphatic carbocycles. The number of carbonyl (C=O) groups excluding carboxylic acids is 1. The average Bonchev–Trinajstić information content (AvgIpc) is 3.19. The molecule has 35 heavy (non-hydrogen) atoms. The van der Waals surface area contributed by atoms with E-state index in [1.807, 2.05) is 78.0 Å². The predicted octanol–water partition coefficient (Wildman–Crippen LogP) is 9.20. The summed E-state index contributed by atoms with van der Waals surface area (Å²) in [6.45, 7) is 18.3. The SMILES string of the molecule is C.C#C/C(=C\c1cc(C)n(-c2ccc(CC)cc2)c1C)C(=O)Cc1ccccc1.CC.CC.CC. The van der Waals surface area contributed by atoms with Crippen LogP contribution in [0, 0.1) is 26.2 Å². The lowest BCUT2D eigenvalue weighted by Gasteiger charge is -2.10. The number of ketones is 1. The van der Waals surface area contributed by atoms with E-state index in [1.165, 1.54) is 5.56 Å². The molecule has 0 atom stereocenters. The van der Waals surface area contributed by atoms with Crippen molar-refractivity contribution in [2.75, 3.05) is 0 Å². The second kappa shape index (κ2) is 19.0. The lowest BCUT2D eigenvalue weighted by atomic mass is 10.0. The maximum atomic E-state index is 12.7. The first-order chi connectivity index (χ1) is 16.5. The highest BCUT2D eigenvalue weighted by Crippen LogP contribution is 2.23. The zero-order chi connectivity index (χ0) is 26.1. The summed E-state index contributed by atoms with van der Waals surface area (Å²) in [5, 5.41) is 0. The van der Waals surface area contributed by atoms with E-state index in [9.17, 15) is 4.79 Å². The van der Waals surface area contributed by atoms with Crippen LogP contribution in [0.15, 0.2) is 66.2 Å². The van der Waals surface area contributed by atoms with Gasteiger partial charge in [0.2, 0.25) is 0 Å². The second-order valence-electron chi connectivity index (χ2n) is 6.97. The molecule has 0 fully saturated rings. The van der Waals surface area contributed by atoms with Crippen LogP contribution in [0.3, 0.4) is 0 Å². The Morgan fingerprint density at radius 2 is 1.43 bits per heavy atom. The number of hydrogen-bond acceptors (Lipinski definition) is 1. The van der Waals surface area contributed by atoms with E-state index in [-0.39, 0.29) is 13.2 Å². The minimum atomic E-state index is -0.0363. The summed E-state index contributed by atoms with van der Waals surface area (Å²) in [6.07, 6.45) is 8.84. The predicted molar refractivity (Wildman–Crippen MR) is 157 cm³/mol. The van der Waals surface area contributed by atoms with Crippen molar-refractivity contribution in [3.05, 3.63) is 94.3 Å². The molecule has 0 amide bonds. The van der Waals surface area contributed by atoms with Crippen LogP contribution in [-0.4, -0.2) is 10.4 Å². The van der Waals surface area contributed by atoms with E-state index < -0.39 is 0 Å². The standard InChI is InChI=1S/C26H25NO.3C2H6.CH4/c1-5-21-12-14-25(15-13-21)27-19(3)16-24(20(27)4)18-23(6-2)26(28)17-22-10-8-7-9-11-22;3*1-2;/h2,7-16,18H,5,17H2,1,3-4H3;3*1-2H3;1H4/b23-18+;;;;. The number of aromatic nitrogens is 1. The third-order valence-corrected chi connectivity index (χ3v) is 5.04. The second-order valence-corrected chi connectivity index (χ2v) is 6.97. The van der Waals surface area contributed by atoms with Crippen molar-refractivity contribution >= 4 is 11.9 Å². The molecule has 2 heteroatoms. The first kappa shape index (κ1) is 33.9. The zero-order valence-corrected chi connectivity index (χ0v) is 22.7. The molecule has 0 spiro atoms. The molecule has 0 unspecified atom stereocenters. The number of terminal acetylenes is 1. The summed E-state index contributed by atoms with van der Waals surface area (Å²) in [5.74, 6) is 2.55. The fourth-order valence-electron chi connectivity index (χ4n) is 3.45. The van der Waals surface area contributed by atoms with E-state index in [0.717, 1.165) is 34.6 Å². The lowest BCUT2D eigenvalue weighted by molar-refractivity contribution is -0.114. The summed E-state index contributed by atoms with van der Waals surface area (Å²) in [6, 6.07) is 20.3. The van der Waals surface area contributed by atoms with Crippen LogP contribution in [0.5, 0.6) is 0 Å². The van der Waals surface area contributed by atoms with Gasteiger partial charge in [-0.05, 0) is 61.2 Å². The fourth-order valence-corrected chi connectivity index (χ4v) is 3.45. The molecule has 1 aromatic heterocycles. The van der Waals surface area contributed by atoms with E-state index in [4.69, 9.17) is 6.42 Å². The molecule has 0 aliphatic rings. The highest BCUT2D eigenvalue weighted by Gasteiger charge is 2.13. The number of carbonyl (C=O) groups is 1. The van der Waals surface area contributed by atoms with Gasteiger partial charge in [0, 0.05) is 23.5 Å².